The number of rotatable bonds is 2. The van der Waals surface area contributed by atoms with Gasteiger partial charge < -0.3 is 5.32 Å². The lowest BCUT2D eigenvalue weighted by molar-refractivity contribution is 0.0872. The molecule has 134 valence electrons. The van der Waals surface area contributed by atoms with Gasteiger partial charge in [-0.25, -0.2) is 0 Å². The zero-order valence-corrected chi connectivity index (χ0v) is 16.8. The fourth-order valence-electron chi connectivity index (χ4n) is 3.86. The lowest BCUT2D eigenvalue weighted by Crippen LogP contribution is -2.48. The van der Waals surface area contributed by atoms with Gasteiger partial charge in [-0.2, -0.15) is 0 Å². The Hall–Kier alpha value is -0.800. The number of benzene rings is 2. The van der Waals surface area contributed by atoms with Gasteiger partial charge in [0.05, 0.1) is 0 Å². The van der Waals surface area contributed by atoms with Gasteiger partial charge in [-0.3, -0.25) is 4.90 Å². The highest BCUT2D eigenvalue weighted by Crippen LogP contribution is 2.41. The molecule has 4 heteroatoms. The van der Waals surface area contributed by atoms with Gasteiger partial charge in [-0.05, 0) is 34.2 Å². The molecular formula is C20H30Cl2N2. The van der Waals surface area contributed by atoms with Crippen molar-refractivity contribution in [2.24, 2.45) is 5.41 Å². The lowest BCUT2D eigenvalue weighted by atomic mass is 9.79. The number of hydrogen-bond donors (Lipinski definition) is 1. The third-order valence-electron chi connectivity index (χ3n) is 4.81. The fourth-order valence-corrected chi connectivity index (χ4v) is 3.86. The second-order valence-electron chi connectivity index (χ2n) is 7.57. The Morgan fingerprint density at radius 2 is 1.50 bits per heavy atom. The Balaban J connectivity index is 0.00000144. The topological polar surface area (TPSA) is 15.3 Å². The summed E-state index contributed by atoms with van der Waals surface area (Å²) >= 11 is 0. The summed E-state index contributed by atoms with van der Waals surface area (Å²) in [7, 11) is 0. The third-order valence-corrected chi connectivity index (χ3v) is 4.81. The molecule has 2 nitrogen and oxygen atoms in total. The van der Waals surface area contributed by atoms with Gasteiger partial charge in [-0.15, -0.1) is 24.8 Å². The fraction of sp³-hybridized carbons (Fsp3) is 0.500. The van der Waals surface area contributed by atoms with E-state index in [1.807, 2.05) is 0 Å². The number of fused-ring (bicyclic) bond motifs is 1. The number of hydrogen-bond acceptors (Lipinski definition) is 2. The van der Waals surface area contributed by atoms with Crippen molar-refractivity contribution >= 4 is 35.6 Å². The largest absolute Gasteiger partial charge is 0.314 e. The van der Waals surface area contributed by atoms with Crippen LogP contribution >= 0.6 is 24.8 Å². The molecule has 0 amide bonds. The van der Waals surface area contributed by atoms with Crippen LogP contribution in [0.1, 0.15) is 37.9 Å². The highest BCUT2D eigenvalue weighted by molar-refractivity contribution is 5.89. The molecule has 1 saturated heterocycles. The van der Waals surface area contributed by atoms with Crippen LogP contribution in [0.15, 0.2) is 36.4 Å². The van der Waals surface area contributed by atoms with Crippen molar-refractivity contribution in [1.82, 2.24) is 10.2 Å². The van der Waals surface area contributed by atoms with Crippen LogP contribution in [0.3, 0.4) is 0 Å². The van der Waals surface area contributed by atoms with E-state index in [1.54, 1.807) is 0 Å². The van der Waals surface area contributed by atoms with Gasteiger partial charge in [0.15, 0.2) is 0 Å². The van der Waals surface area contributed by atoms with Crippen LogP contribution in [0, 0.1) is 12.3 Å². The van der Waals surface area contributed by atoms with Crippen molar-refractivity contribution in [3.05, 3.63) is 47.5 Å². The zero-order valence-electron chi connectivity index (χ0n) is 15.1. The minimum absolute atomic E-state index is 0. The summed E-state index contributed by atoms with van der Waals surface area (Å²) in [6.45, 7) is 13.8. The molecule has 0 bridgehead atoms. The lowest BCUT2D eigenvalue weighted by Gasteiger charge is -2.43. The number of halogens is 2. The monoisotopic (exact) mass is 368 g/mol. The van der Waals surface area contributed by atoms with Crippen molar-refractivity contribution in [3.8, 4) is 0 Å². The van der Waals surface area contributed by atoms with Crippen molar-refractivity contribution in [2.45, 2.75) is 33.7 Å². The van der Waals surface area contributed by atoms with Gasteiger partial charge >= 0.3 is 0 Å². The Bertz CT molecular complexity index is 658. The minimum Gasteiger partial charge on any atom is -0.314 e. The second kappa shape index (κ2) is 8.53. The first-order chi connectivity index (χ1) is 10.5. The highest BCUT2D eigenvalue weighted by atomic mass is 35.5. The first-order valence-corrected chi connectivity index (χ1v) is 8.41. The van der Waals surface area contributed by atoms with Crippen LogP contribution in [0.2, 0.25) is 0 Å². The number of piperazine rings is 1. The summed E-state index contributed by atoms with van der Waals surface area (Å²) in [4.78, 5) is 2.66. The number of nitrogens with zero attached hydrogens (tertiary/aromatic N) is 1. The van der Waals surface area contributed by atoms with E-state index in [1.165, 1.54) is 21.9 Å². The molecule has 1 fully saturated rings. The maximum atomic E-state index is 3.48. The van der Waals surface area contributed by atoms with Crippen LogP contribution in [-0.4, -0.2) is 31.1 Å². The van der Waals surface area contributed by atoms with Crippen molar-refractivity contribution in [2.75, 3.05) is 26.2 Å². The molecule has 3 rings (SSSR count). The van der Waals surface area contributed by atoms with E-state index in [0.717, 1.165) is 26.2 Å². The van der Waals surface area contributed by atoms with E-state index in [2.05, 4.69) is 74.3 Å². The molecular weight excluding hydrogens is 339 g/mol. The number of aryl methyl sites for hydroxylation is 1. The summed E-state index contributed by atoms with van der Waals surface area (Å²) in [6, 6.07) is 14.0. The summed E-state index contributed by atoms with van der Waals surface area (Å²) in [5.41, 5.74) is 3.07. The minimum atomic E-state index is 0. The molecule has 1 aliphatic rings. The van der Waals surface area contributed by atoms with Gasteiger partial charge in [0, 0.05) is 32.2 Å². The van der Waals surface area contributed by atoms with Crippen molar-refractivity contribution in [1.29, 1.82) is 0 Å². The van der Waals surface area contributed by atoms with E-state index < -0.39 is 0 Å². The SMILES string of the molecule is Cc1ccc([C@@H](N2CCNCC2)C(C)(C)C)c2ccccc12.Cl.Cl. The van der Waals surface area contributed by atoms with E-state index >= 15 is 0 Å². The molecule has 2 aromatic rings. The predicted molar refractivity (Wildman–Crippen MR) is 110 cm³/mol. The van der Waals surface area contributed by atoms with E-state index in [4.69, 9.17) is 0 Å². The maximum Gasteiger partial charge on any atom is 0.0403 e. The molecule has 0 spiro atoms. The molecule has 1 atom stereocenters. The first-order valence-electron chi connectivity index (χ1n) is 8.41. The molecule has 1 aliphatic heterocycles. The average Bonchev–Trinajstić information content (AvgIpc) is 2.50. The van der Waals surface area contributed by atoms with Gasteiger partial charge in [-0.1, -0.05) is 57.2 Å². The molecule has 24 heavy (non-hydrogen) atoms. The van der Waals surface area contributed by atoms with Crippen LogP contribution in [0.25, 0.3) is 10.8 Å². The average molecular weight is 369 g/mol. The number of nitrogens with one attached hydrogen (secondary N) is 1. The molecule has 0 aliphatic carbocycles. The van der Waals surface area contributed by atoms with Crippen LogP contribution in [-0.2, 0) is 0 Å². The summed E-state index contributed by atoms with van der Waals surface area (Å²) in [6.07, 6.45) is 0. The van der Waals surface area contributed by atoms with Gasteiger partial charge in [0.2, 0.25) is 0 Å². The van der Waals surface area contributed by atoms with Crippen LogP contribution < -0.4 is 5.32 Å². The Morgan fingerprint density at radius 1 is 0.917 bits per heavy atom. The second-order valence-corrected chi connectivity index (χ2v) is 7.57. The summed E-state index contributed by atoms with van der Waals surface area (Å²) < 4.78 is 0. The zero-order chi connectivity index (χ0) is 15.7. The molecule has 0 aromatic heterocycles. The molecule has 1 N–H and O–H groups in total. The van der Waals surface area contributed by atoms with Crippen LogP contribution in [0.5, 0.6) is 0 Å². The smallest absolute Gasteiger partial charge is 0.0403 e. The molecule has 0 radical (unpaired) electrons. The quantitative estimate of drug-likeness (QED) is 0.803. The van der Waals surface area contributed by atoms with Crippen molar-refractivity contribution < 1.29 is 0 Å². The molecule has 2 aromatic carbocycles. The summed E-state index contributed by atoms with van der Waals surface area (Å²) in [5, 5.41) is 6.29. The molecule has 1 heterocycles. The third kappa shape index (κ3) is 4.23. The van der Waals surface area contributed by atoms with Gasteiger partial charge in [0.25, 0.3) is 0 Å². The molecule has 0 saturated carbocycles. The van der Waals surface area contributed by atoms with E-state index in [-0.39, 0.29) is 30.2 Å². The Morgan fingerprint density at radius 3 is 2.08 bits per heavy atom. The van der Waals surface area contributed by atoms with E-state index in [9.17, 15) is 0 Å². The van der Waals surface area contributed by atoms with Crippen LogP contribution in [0.4, 0.5) is 0 Å². The maximum absolute atomic E-state index is 3.48. The Labute approximate surface area is 158 Å². The predicted octanol–water partition coefficient (Wildman–Crippen LogP) is 4.98. The first kappa shape index (κ1) is 21.2. The normalized spacial score (nSPS) is 17.0. The summed E-state index contributed by atoms with van der Waals surface area (Å²) in [5.74, 6) is 0. The van der Waals surface area contributed by atoms with Gasteiger partial charge in [0.1, 0.15) is 0 Å². The van der Waals surface area contributed by atoms with Crippen molar-refractivity contribution in [3.63, 3.8) is 0 Å². The Kier molecular flexibility index (Phi) is 7.55. The highest BCUT2D eigenvalue weighted by Gasteiger charge is 2.33. The van der Waals surface area contributed by atoms with E-state index in [0.29, 0.717) is 6.04 Å². The molecule has 0 unspecified atom stereocenters. The standard InChI is InChI=1S/C20H28N2.2ClH/c1-15-9-10-18(17-8-6-5-7-16(15)17)19(20(2,3)4)22-13-11-21-12-14-22;;/h5-10,19,21H,11-14H2,1-4H3;2*1H/t19-;;/m1../s1.